The van der Waals surface area contributed by atoms with Crippen molar-refractivity contribution in [2.75, 3.05) is 7.11 Å². The quantitative estimate of drug-likeness (QED) is 0.357. The maximum absolute atomic E-state index is 12.9. The monoisotopic (exact) mass is 473 g/mol. The summed E-state index contributed by atoms with van der Waals surface area (Å²) < 4.78 is 55.3. The van der Waals surface area contributed by atoms with Gasteiger partial charge in [-0.05, 0) is 39.0 Å². The van der Waals surface area contributed by atoms with E-state index >= 15 is 0 Å². The van der Waals surface area contributed by atoms with Gasteiger partial charge in [0.25, 0.3) is 0 Å². The molecule has 0 aliphatic rings. The number of nitrogens with one attached hydrogen (secondary N) is 1. The smallest absolute Gasteiger partial charge is 0.417 e. The number of hydrogen-bond acceptors (Lipinski definition) is 6. The topological polar surface area (TPSA) is 86.3 Å². The second-order valence-electron chi connectivity index (χ2n) is 8.60. The number of hydrogen-bond donors (Lipinski definition) is 1. The Morgan fingerprint density at radius 3 is 2.38 bits per heavy atom. The van der Waals surface area contributed by atoms with Crippen molar-refractivity contribution in [2.24, 2.45) is 0 Å². The highest BCUT2D eigenvalue weighted by Crippen LogP contribution is 2.38. The lowest BCUT2D eigenvalue weighted by atomic mass is 10.0. The van der Waals surface area contributed by atoms with Crippen LogP contribution in [0.15, 0.2) is 42.7 Å². The normalized spacial score (nSPS) is 12.3. The predicted octanol–water partition coefficient (Wildman–Crippen LogP) is 6.02. The van der Waals surface area contributed by atoms with Gasteiger partial charge in [0, 0.05) is 30.3 Å². The van der Waals surface area contributed by atoms with E-state index in [-0.39, 0.29) is 18.2 Å². The number of esters is 1. The van der Waals surface area contributed by atoms with E-state index in [2.05, 4.69) is 15.0 Å². The number of ether oxygens (including phenoxy) is 3. The minimum Gasteiger partial charge on any atom is -0.455 e. The van der Waals surface area contributed by atoms with E-state index in [1.54, 1.807) is 32.9 Å². The molecule has 1 aromatic carbocycles. The van der Waals surface area contributed by atoms with E-state index in [0.717, 1.165) is 12.1 Å². The van der Waals surface area contributed by atoms with Gasteiger partial charge in [-0.15, -0.1) is 0 Å². The zero-order valence-corrected chi connectivity index (χ0v) is 18.9. The summed E-state index contributed by atoms with van der Waals surface area (Å²) in [4.78, 5) is 24.2. The minimum absolute atomic E-state index is 0.00966. The van der Waals surface area contributed by atoms with Crippen LogP contribution in [0.2, 0.25) is 0 Å². The van der Waals surface area contributed by atoms with Gasteiger partial charge in [-0.25, -0.2) is 14.8 Å². The van der Waals surface area contributed by atoms with Crippen LogP contribution in [0.4, 0.5) is 13.2 Å². The van der Waals surface area contributed by atoms with Crippen LogP contribution in [-0.2, 0) is 22.3 Å². The lowest BCUT2D eigenvalue weighted by Crippen LogP contribution is -2.25. The Morgan fingerprint density at radius 1 is 1.00 bits per heavy atom. The van der Waals surface area contributed by atoms with Gasteiger partial charge in [-0.2, -0.15) is 13.2 Å². The van der Waals surface area contributed by atoms with Crippen LogP contribution < -0.4 is 4.74 Å². The molecule has 0 radical (unpaired) electrons. The Morgan fingerprint density at radius 2 is 1.76 bits per heavy atom. The van der Waals surface area contributed by atoms with Crippen molar-refractivity contribution in [3.63, 3.8) is 0 Å². The number of nitrogens with zero attached hydrogens (tertiary/aromatic N) is 2. The van der Waals surface area contributed by atoms with Crippen molar-refractivity contribution >= 4 is 27.8 Å². The molecule has 0 amide bonds. The highest BCUT2D eigenvalue weighted by molar-refractivity contribution is 6.13. The first kappa shape index (κ1) is 23.5. The number of benzene rings is 1. The van der Waals surface area contributed by atoms with Gasteiger partial charge >= 0.3 is 12.1 Å². The van der Waals surface area contributed by atoms with Crippen molar-refractivity contribution in [2.45, 2.75) is 39.2 Å². The molecule has 7 nitrogen and oxygen atoms in total. The van der Waals surface area contributed by atoms with E-state index in [9.17, 15) is 18.0 Å². The lowest BCUT2D eigenvalue weighted by molar-refractivity contribution is -0.137. The van der Waals surface area contributed by atoms with Crippen LogP contribution in [0.1, 0.15) is 42.4 Å². The average Bonchev–Trinajstić information content (AvgIpc) is 3.12. The fourth-order valence-corrected chi connectivity index (χ4v) is 3.56. The molecule has 0 bridgehead atoms. The van der Waals surface area contributed by atoms with Gasteiger partial charge in [0.2, 0.25) is 5.88 Å². The number of carbonyl (C=O) groups excluding carboxylic acids is 1. The summed E-state index contributed by atoms with van der Waals surface area (Å²) >= 11 is 0. The molecule has 4 rings (SSSR count). The number of alkyl halides is 3. The second kappa shape index (κ2) is 8.60. The third-order valence-electron chi connectivity index (χ3n) is 4.88. The molecule has 3 aromatic heterocycles. The molecular weight excluding hydrogens is 451 g/mol. The Hall–Kier alpha value is -3.66. The van der Waals surface area contributed by atoms with Crippen LogP contribution in [0.5, 0.6) is 11.6 Å². The molecule has 1 N–H and O–H groups in total. The fourth-order valence-electron chi connectivity index (χ4n) is 3.56. The first-order valence-electron chi connectivity index (χ1n) is 10.3. The third-order valence-corrected chi connectivity index (χ3v) is 4.88. The predicted molar refractivity (Wildman–Crippen MR) is 119 cm³/mol. The van der Waals surface area contributed by atoms with E-state index in [0.29, 0.717) is 39.3 Å². The van der Waals surface area contributed by atoms with Crippen molar-refractivity contribution in [1.29, 1.82) is 0 Å². The standard InChI is InChI=1S/C24H22F3N3O4/c1-23(2,3)34-22(31)21-14(12-32-4)19-16(11-29-21)30-15-6-5-7-17(20(15)19)33-18-9-8-13(10-28-18)24(25,26)27/h5-11,30H,12H2,1-4H3. The Bertz CT molecular complexity index is 1360. The third kappa shape index (κ3) is 4.67. The SMILES string of the molecule is COCc1c(C(=O)OC(C)(C)C)ncc2[nH]c3cccc(Oc4ccc(C(F)(F)F)cn4)c3c12. The van der Waals surface area contributed by atoms with Gasteiger partial charge < -0.3 is 19.2 Å². The molecule has 0 saturated carbocycles. The van der Waals surface area contributed by atoms with E-state index in [1.165, 1.54) is 13.3 Å². The van der Waals surface area contributed by atoms with Gasteiger partial charge in [-0.3, -0.25) is 0 Å². The molecule has 0 aliphatic heterocycles. The number of rotatable bonds is 5. The molecule has 34 heavy (non-hydrogen) atoms. The Labute approximate surface area is 192 Å². The molecule has 178 valence electrons. The number of carbonyl (C=O) groups is 1. The summed E-state index contributed by atoms with van der Waals surface area (Å²) in [5.74, 6) is -0.266. The van der Waals surface area contributed by atoms with E-state index in [4.69, 9.17) is 14.2 Å². The number of H-pyrrole nitrogens is 1. The number of aromatic nitrogens is 3. The first-order valence-corrected chi connectivity index (χ1v) is 10.3. The molecule has 3 heterocycles. The molecule has 0 fully saturated rings. The maximum atomic E-state index is 12.9. The summed E-state index contributed by atoms with van der Waals surface area (Å²) in [7, 11) is 1.50. The summed E-state index contributed by atoms with van der Waals surface area (Å²) in [6, 6.07) is 7.26. The number of halogens is 3. The fraction of sp³-hybridized carbons (Fsp3) is 0.292. The van der Waals surface area contributed by atoms with Gasteiger partial charge in [0.05, 0.1) is 34.8 Å². The van der Waals surface area contributed by atoms with Crippen LogP contribution in [-0.4, -0.2) is 33.6 Å². The molecule has 10 heteroatoms. The molecule has 4 aromatic rings. The minimum atomic E-state index is -4.50. The Balaban J connectivity index is 1.86. The van der Waals surface area contributed by atoms with Crippen LogP contribution in [0.3, 0.4) is 0 Å². The van der Waals surface area contributed by atoms with E-state index in [1.807, 2.05) is 6.07 Å². The zero-order valence-electron chi connectivity index (χ0n) is 18.9. The summed E-state index contributed by atoms with van der Waals surface area (Å²) in [6.07, 6.45) is -2.26. The maximum Gasteiger partial charge on any atom is 0.417 e. The van der Waals surface area contributed by atoms with Crippen LogP contribution >= 0.6 is 0 Å². The van der Waals surface area contributed by atoms with Crippen LogP contribution in [0.25, 0.3) is 21.8 Å². The zero-order chi connectivity index (χ0) is 24.7. The van der Waals surface area contributed by atoms with Crippen molar-refractivity contribution < 1.29 is 32.2 Å². The highest BCUT2D eigenvalue weighted by atomic mass is 19.4. The van der Waals surface area contributed by atoms with Crippen LogP contribution in [0, 0.1) is 0 Å². The van der Waals surface area contributed by atoms with Crippen molar-refractivity contribution in [3.8, 4) is 11.6 Å². The number of fused-ring (bicyclic) bond motifs is 3. The van der Waals surface area contributed by atoms with E-state index < -0.39 is 23.3 Å². The molecular formula is C24H22F3N3O4. The van der Waals surface area contributed by atoms with Gasteiger partial charge in [-0.1, -0.05) is 6.07 Å². The molecule has 0 unspecified atom stereocenters. The molecule has 0 spiro atoms. The summed E-state index contributed by atoms with van der Waals surface area (Å²) in [5.41, 5.74) is 0.316. The molecule has 0 atom stereocenters. The first-order chi connectivity index (χ1) is 16.0. The second-order valence-corrected chi connectivity index (χ2v) is 8.60. The van der Waals surface area contributed by atoms with Crippen molar-refractivity contribution in [1.82, 2.24) is 15.0 Å². The highest BCUT2D eigenvalue weighted by Gasteiger charge is 2.31. The average molecular weight is 473 g/mol. The summed E-state index contributed by atoms with van der Waals surface area (Å²) in [5, 5.41) is 1.24. The Kier molecular flexibility index (Phi) is 5.94. The van der Waals surface area contributed by atoms with Crippen molar-refractivity contribution in [3.05, 3.63) is 59.5 Å². The molecule has 0 aliphatic carbocycles. The largest absolute Gasteiger partial charge is 0.455 e. The number of methoxy groups -OCH3 is 1. The number of aromatic amines is 1. The number of pyridine rings is 2. The molecule has 0 saturated heterocycles. The lowest BCUT2D eigenvalue weighted by Gasteiger charge is -2.20. The van der Waals surface area contributed by atoms with Gasteiger partial charge in [0.1, 0.15) is 11.4 Å². The summed E-state index contributed by atoms with van der Waals surface area (Å²) in [6.45, 7) is 5.34. The van der Waals surface area contributed by atoms with Gasteiger partial charge in [0.15, 0.2) is 5.69 Å².